The summed E-state index contributed by atoms with van der Waals surface area (Å²) in [7, 11) is -4.92. The number of carbonyl (C=O) groups excluding carboxylic acids is 3. The first kappa shape index (κ1) is 25.9. The summed E-state index contributed by atoms with van der Waals surface area (Å²) in [4.78, 5) is 37.8. The van der Waals surface area contributed by atoms with Crippen molar-refractivity contribution in [3.8, 4) is 0 Å². The average Bonchev–Trinajstić information content (AvgIpc) is 2.90. The number of carbonyl (C=O) groups is 3. The van der Waals surface area contributed by atoms with Crippen LogP contribution in [-0.2, 0) is 24.4 Å². The number of hydrogen-bond acceptors (Lipinski definition) is 5. The summed E-state index contributed by atoms with van der Waals surface area (Å²) >= 11 is 0. The predicted molar refractivity (Wildman–Crippen MR) is 117 cm³/mol. The zero-order chi connectivity index (χ0) is 25.7. The third-order valence-corrected chi connectivity index (χ3v) is 7.23. The molecule has 12 heteroatoms. The lowest BCUT2D eigenvalue weighted by Gasteiger charge is -2.35. The van der Waals surface area contributed by atoms with Crippen molar-refractivity contribution in [2.75, 3.05) is 11.9 Å². The number of sulfonamides is 1. The van der Waals surface area contributed by atoms with Gasteiger partial charge in [0.25, 0.3) is 5.91 Å². The van der Waals surface area contributed by atoms with E-state index in [-0.39, 0.29) is 30.8 Å². The van der Waals surface area contributed by atoms with Gasteiger partial charge in [-0.05, 0) is 42.5 Å². The minimum absolute atomic E-state index is 0.0186. The number of amides is 2. The van der Waals surface area contributed by atoms with Crippen molar-refractivity contribution in [2.45, 2.75) is 63.6 Å². The first-order chi connectivity index (χ1) is 15.6. The number of allylic oxidation sites excluding steroid dienone is 1. The van der Waals surface area contributed by atoms with Crippen molar-refractivity contribution in [3.63, 3.8) is 0 Å². The fraction of sp³-hybridized carbons (Fsp3) is 0.500. The minimum atomic E-state index is -5.42. The number of nitrogens with one attached hydrogen (secondary N) is 2. The Hall–Kier alpha value is -2.73. The number of Topliss-reactive ketones (excluding diaryl/α,β-unsaturated/α-hetero) is 1. The van der Waals surface area contributed by atoms with Gasteiger partial charge in [0.05, 0.1) is 10.5 Å². The van der Waals surface area contributed by atoms with Crippen molar-refractivity contribution in [1.82, 2.24) is 9.62 Å². The van der Waals surface area contributed by atoms with E-state index >= 15 is 0 Å². The summed E-state index contributed by atoms with van der Waals surface area (Å²) in [6.45, 7) is 6.22. The summed E-state index contributed by atoms with van der Waals surface area (Å²) in [5.41, 5.74) is -5.12. The van der Waals surface area contributed by atoms with Crippen LogP contribution in [0.15, 0.2) is 40.4 Å². The topological polar surface area (TPSA) is 113 Å². The van der Waals surface area contributed by atoms with Gasteiger partial charge in [0.15, 0.2) is 5.78 Å². The lowest BCUT2D eigenvalue weighted by Crippen LogP contribution is -2.66. The zero-order valence-electron chi connectivity index (χ0n) is 19.2. The number of nitrogens with zero attached hydrogens (tertiary/aromatic N) is 1. The molecule has 186 valence electrons. The lowest BCUT2D eigenvalue weighted by atomic mass is 9.72. The molecule has 2 aliphatic rings. The Morgan fingerprint density at radius 2 is 1.71 bits per heavy atom. The third kappa shape index (κ3) is 4.36. The highest BCUT2D eigenvalue weighted by Crippen LogP contribution is 2.52. The predicted octanol–water partition coefficient (Wildman–Crippen LogP) is 3.12. The monoisotopic (exact) mass is 501 g/mol. The Bertz CT molecular complexity index is 1170. The van der Waals surface area contributed by atoms with E-state index in [9.17, 15) is 36.0 Å². The average molecular weight is 502 g/mol. The molecular weight excluding hydrogens is 475 g/mol. The number of benzene rings is 1. The van der Waals surface area contributed by atoms with E-state index in [1.807, 2.05) is 0 Å². The van der Waals surface area contributed by atoms with Crippen LogP contribution in [0.2, 0.25) is 0 Å². The van der Waals surface area contributed by atoms with E-state index in [1.54, 1.807) is 25.5 Å². The van der Waals surface area contributed by atoms with E-state index in [0.29, 0.717) is 6.42 Å². The molecule has 0 radical (unpaired) electrons. The molecule has 0 saturated heterocycles. The molecule has 1 heterocycles. The first-order valence-electron chi connectivity index (χ1n) is 10.6. The summed E-state index contributed by atoms with van der Waals surface area (Å²) in [6.07, 6.45) is -5.36. The number of hydrogen-bond donors (Lipinski definition) is 2. The number of rotatable bonds is 6. The number of ketones is 1. The normalized spacial score (nSPS) is 22.7. The van der Waals surface area contributed by atoms with Crippen molar-refractivity contribution >= 4 is 33.3 Å². The fourth-order valence-corrected chi connectivity index (χ4v) is 5.75. The molecule has 3 rings (SSSR count). The van der Waals surface area contributed by atoms with Gasteiger partial charge >= 0.3 is 6.18 Å². The van der Waals surface area contributed by atoms with Gasteiger partial charge in [-0.25, -0.2) is 8.42 Å². The zero-order valence-corrected chi connectivity index (χ0v) is 20.0. The second kappa shape index (κ2) is 8.49. The van der Waals surface area contributed by atoms with Gasteiger partial charge in [-0.15, -0.1) is 0 Å². The molecule has 0 spiro atoms. The largest absolute Gasteiger partial charge is 0.421 e. The SMILES string of the molecule is CCCN1C(=O)[C@@](NS(=O)(=O)c2ccc(NC(C)=O)cc2)(C(F)(F)F)C2=C1CC(C)(C)CC2=O. The molecule has 0 aromatic heterocycles. The standard InChI is InChI=1S/C22H26F3N3O5S/c1-5-10-28-16-11-20(3,4)12-17(30)18(16)21(19(28)31,22(23,24)25)27-34(32,33)15-8-6-14(7-9-15)26-13(2)29/h6-9,27H,5,10-12H2,1-4H3,(H,26,29)/t21-/m1/s1. The van der Waals surface area contributed by atoms with Gasteiger partial charge in [-0.1, -0.05) is 20.8 Å². The van der Waals surface area contributed by atoms with Gasteiger partial charge in [0.1, 0.15) is 0 Å². The number of alkyl halides is 3. The van der Waals surface area contributed by atoms with Crippen LogP contribution in [0.5, 0.6) is 0 Å². The van der Waals surface area contributed by atoms with Crippen LogP contribution in [0, 0.1) is 5.41 Å². The second-order valence-corrected chi connectivity index (χ2v) is 11.0. The third-order valence-electron chi connectivity index (χ3n) is 5.76. The Kier molecular flexibility index (Phi) is 6.46. The van der Waals surface area contributed by atoms with E-state index < -0.39 is 55.2 Å². The summed E-state index contributed by atoms with van der Waals surface area (Å²) < 4.78 is 71.7. The molecule has 0 bridgehead atoms. The molecule has 0 saturated carbocycles. The molecule has 1 aromatic carbocycles. The Morgan fingerprint density at radius 1 is 1.12 bits per heavy atom. The van der Waals surface area contributed by atoms with Crippen LogP contribution in [0.1, 0.15) is 47.0 Å². The van der Waals surface area contributed by atoms with Crippen LogP contribution in [0.25, 0.3) is 0 Å². The molecule has 1 atom stereocenters. The van der Waals surface area contributed by atoms with Crippen molar-refractivity contribution < 1.29 is 36.0 Å². The van der Waals surface area contributed by atoms with Gasteiger partial charge in [-0.3, -0.25) is 14.4 Å². The highest BCUT2D eigenvalue weighted by Gasteiger charge is 2.72. The van der Waals surface area contributed by atoms with E-state index in [1.165, 1.54) is 19.1 Å². The summed E-state index contributed by atoms with van der Waals surface area (Å²) in [5, 5.41) is 2.42. The highest BCUT2D eigenvalue weighted by atomic mass is 32.2. The molecule has 2 amide bonds. The first-order valence-corrected chi connectivity index (χ1v) is 12.1. The summed E-state index contributed by atoms with van der Waals surface area (Å²) in [6, 6.07) is 4.41. The van der Waals surface area contributed by atoms with Crippen LogP contribution in [-0.4, -0.2) is 49.2 Å². The Balaban J connectivity index is 2.16. The molecule has 2 N–H and O–H groups in total. The van der Waals surface area contributed by atoms with Crippen LogP contribution < -0.4 is 10.0 Å². The second-order valence-electron chi connectivity index (χ2n) is 9.28. The van der Waals surface area contributed by atoms with Gasteiger partial charge in [0.2, 0.25) is 21.5 Å². The minimum Gasteiger partial charge on any atom is -0.326 e. The lowest BCUT2D eigenvalue weighted by molar-refractivity contribution is -0.188. The fourth-order valence-electron chi connectivity index (χ4n) is 4.43. The molecule has 1 aliphatic heterocycles. The maximum Gasteiger partial charge on any atom is 0.421 e. The smallest absolute Gasteiger partial charge is 0.326 e. The van der Waals surface area contributed by atoms with Gasteiger partial charge in [-0.2, -0.15) is 17.9 Å². The number of anilines is 1. The maximum atomic E-state index is 14.7. The van der Waals surface area contributed by atoms with Crippen LogP contribution in [0.4, 0.5) is 18.9 Å². The Labute approximate surface area is 195 Å². The van der Waals surface area contributed by atoms with Crippen LogP contribution in [0.3, 0.4) is 0 Å². The molecule has 34 heavy (non-hydrogen) atoms. The van der Waals surface area contributed by atoms with Crippen molar-refractivity contribution in [3.05, 3.63) is 35.5 Å². The van der Waals surface area contributed by atoms with Crippen molar-refractivity contribution in [1.29, 1.82) is 0 Å². The van der Waals surface area contributed by atoms with Gasteiger partial charge in [0, 0.05) is 31.3 Å². The van der Waals surface area contributed by atoms with Gasteiger partial charge < -0.3 is 10.2 Å². The Morgan fingerprint density at radius 3 is 2.21 bits per heavy atom. The maximum absolute atomic E-state index is 14.7. The summed E-state index contributed by atoms with van der Waals surface area (Å²) in [5.74, 6) is -2.87. The molecule has 0 fully saturated rings. The molecule has 1 aliphatic carbocycles. The molecule has 8 nitrogen and oxygen atoms in total. The van der Waals surface area contributed by atoms with E-state index in [2.05, 4.69) is 5.32 Å². The van der Waals surface area contributed by atoms with Crippen molar-refractivity contribution in [2.24, 2.45) is 5.41 Å². The molecular formula is C22H26F3N3O5S. The molecule has 0 unspecified atom stereocenters. The highest BCUT2D eigenvalue weighted by molar-refractivity contribution is 7.89. The number of halogens is 3. The van der Waals surface area contributed by atoms with Crippen LogP contribution >= 0.6 is 0 Å². The molecule has 1 aromatic rings. The van der Waals surface area contributed by atoms with E-state index in [4.69, 9.17) is 0 Å². The van der Waals surface area contributed by atoms with E-state index in [0.717, 1.165) is 17.0 Å². The quantitative estimate of drug-likeness (QED) is 0.622.